The van der Waals surface area contributed by atoms with Crippen molar-refractivity contribution in [3.05, 3.63) is 90.0 Å². The summed E-state index contributed by atoms with van der Waals surface area (Å²) in [4.78, 5) is 28.0. The molecule has 0 saturated carbocycles. The largest absolute Gasteiger partial charge is 0.494 e. The van der Waals surface area contributed by atoms with Crippen molar-refractivity contribution in [2.45, 2.75) is 57.6 Å². The second-order valence-electron chi connectivity index (χ2n) is 9.53. The Balaban J connectivity index is 2.01. The van der Waals surface area contributed by atoms with Gasteiger partial charge in [0.1, 0.15) is 30.0 Å². The van der Waals surface area contributed by atoms with Crippen LogP contribution in [0, 0.1) is 11.6 Å². The van der Waals surface area contributed by atoms with E-state index in [9.17, 15) is 26.8 Å². The summed E-state index contributed by atoms with van der Waals surface area (Å²) in [7, 11) is -4.32. The van der Waals surface area contributed by atoms with Gasteiger partial charge in [0.05, 0.1) is 17.2 Å². The summed E-state index contributed by atoms with van der Waals surface area (Å²) in [6.07, 6.45) is 0.670. The van der Waals surface area contributed by atoms with Gasteiger partial charge in [-0.15, -0.1) is 0 Å². The molecule has 0 heterocycles. The summed E-state index contributed by atoms with van der Waals surface area (Å²) < 4.78 is 61.2. The van der Waals surface area contributed by atoms with Gasteiger partial charge in [0.2, 0.25) is 11.8 Å². The first-order valence-electron chi connectivity index (χ1n) is 13.3. The third kappa shape index (κ3) is 8.26. The highest BCUT2D eigenvalue weighted by Crippen LogP contribution is 2.26. The monoisotopic (exact) mass is 587 g/mol. The van der Waals surface area contributed by atoms with Gasteiger partial charge in [-0.05, 0) is 93.4 Å². The van der Waals surface area contributed by atoms with Crippen LogP contribution in [0.4, 0.5) is 14.5 Å². The molecular weight excluding hydrogens is 552 g/mol. The van der Waals surface area contributed by atoms with E-state index >= 15 is 0 Å². The van der Waals surface area contributed by atoms with Crippen molar-refractivity contribution in [3.63, 3.8) is 0 Å². The number of benzene rings is 3. The summed E-state index contributed by atoms with van der Waals surface area (Å²) in [5.41, 5.74) is 0.609. The van der Waals surface area contributed by atoms with Crippen LogP contribution in [0.5, 0.6) is 5.75 Å². The number of nitrogens with one attached hydrogen (secondary N) is 1. The van der Waals surface area contributed by atoms with Crippen LogP contribution in [0.15, 0.2) is 77.7 Å². The lowest BCUT2D eigenvalue weighted by Gasteiger charge is -2.32. The van der Waals surface area contributed by atoms with Gasteiger partial charge in [0.15, 0.2) is 0 Å². The molecule has 3 rings (SSSR count). The minimum Gasteiger partial charge on any atom is -0.494 e. The zero-order valence-corrected chi connectivity index (χ0v) is 24.3. The van der Waals surface area contributed by atoms with Gasteiger partial charge in [0.25, 0.3) is 10.0 Å². The molecule has 8 nitrogen and oxygen atoms in total. The maximum Gasteiger partial charge on any atom is 0.264 e. The second kappa shape index (κ2) is 14.1. The number of rotatable bonds is 13. The minimum absolute atomic E-state index is 0.0621. The Morgan fingerprint density at radius 1 is 0.878 bits per heavy atom. The molecule has 0 aliphatic carbocycles. The molecule has 2 atom stereocenters. The molecule has 0 aliphatic rings. The van der Waals surface area contributed by atoms with Gasteiger partial charge in [-0.1, -0.05) is 19.1 Å². The van der Waals surface area contributed by atoms with Crippen LogP contribution in [-0.2, 0) is 26.2 Å². The summed E-state index contributed by atoms with van der Waals surface area (Å²) in [6, 6.07) is 14.8. The standard InChI is InChI=1S/C30H35F2N3O5S/c1-5-21(3)33-30(37)22(4)34(19-23-7-9-24(31)10-8-23)29(36)20-35(26-13-11-25(32)12-14-26)41(38,39)28-17-15-27(16-18-28)40-6-2/h7-18,21-22H,5-6,19-20H2,1-4H3,(H,33,37)/t21-,22+/m0/s1. The molecule has 0 spiro atoms. The van der Waals surface area contributed by atoms with Crippen LogP contribution in [-0.4, -0.2) is 50.4 Å². The Morgan fingerprint density at radius 3 is 1.98 bits per heavy atom. The average molecular weight is 588 g/mol. The van der Waals surface area contributed by atoms with E-state index in [0.29, 0.717) is 24.3 Å². The number of hydrogen-bond acceptors (Lipinski definition) is 5. The van der Waals surface area contributed by atoms with Gasteiger partial charge in [0, 0.05) is 12.6 Å². The highest BCUT2D eigenvalue weighted by Gasteiger charge is 2.33. The number of amides is 2. The maximum absolute atomic E-state index is 13.9. The molecule has 11 heteroatoms. The fraction of sp³-hybridized carbons (Fsp3) is 0.333. The Morgan fingerprint density at radius 2 is 1.44 bits per heavy atom. The zero-order valence-electron chi connectivity index (χ0n) is 23.5. The molecule has 0 aromatic heterocycles. The summed E-state index contributed by atoms with van der Waals surface area (Å²) in [5, 5.41) is 2.84. The molecule has 3 aromatic carbocycles. The molecule has 0 bridgehead atoms. The number of anilines is 1. The molecular formula is C30H35F2N3O5S. The van der Waals surface area contributed by atoms with Gasteiger partial charge in [-0.3, -0.25) is 13.9 Å². The predicted octanol–water partition coefficient (Wildman–Crippen LogP) is 4.89. The number of ether oxygens (including phenoxy) is 1. The lowest BCUT2D eigenvalue weighted by molar-refractivity contribution is -0.139. The van der Waals surface area contributed by atoms with Crippen molar-refractivity contribution in [2.75, 3.05) is 17.5 Å². The smallest absolute Gasteiger partial charge is 0.264 e. The van der Waals surface area contributed by atoms with Crippen LogP contribution in [0.3, 0.4) is 0 Å². The first-order valence-corrected chi connectivity index (χ1v) is 14.8. The minimum atomic E-state index is -4.32. The van der Waals surface area contributed by atoms with Crippen LogP contribution in [0.25, 0.3) is 0 Å². The zero-order chi connectivity index (χ0) is 30.2. The van der Waals surface area contributed by atoms with E-state index in [1.54, 1.807) is 13.8 Å². The van der Waals surface area contributed by atoms with Gasteiger partial charge in [-0.25, -0.2) is 17.2 Å². The van der Waals surface area contributed by atoms with Crippen molar-refractivity contribution >= 4 is 27.5 Å². The first-order chi connectivity index (χ1) is 19.5. The summed E-state index contributed by atoms with van der Waals surface area (Å²) in [6.45, 7) is 6.73. The van der Waals surface area contributed by atoms with Gasteiger partial charge in [-0.2, -0.15) is 0 Å². The Hall–Kier alpha value is -3.99. The summed E-state index contributed by atoms with van der Waals surface area (Å²) in [5.74, 6) is -1.66. The normalized spacial score (nSPS) is 12.7. The Kier molecular flexibility index (Phi) is 10.8. The van der Waals surface area contributed by atoms with Crippen molar-refractivity contribution in [1.82, 2.24) is 10.2 Å². The van der Waals surface area contributed by atoms with Gasteiger partial charge < -0.3 is 15.0 Å². The van der Waals surface area contributed by atoms with Crippen molar-refractivity contribution < 1.29 is 31.5 Å². The quantitative estimate of drug-likeness (QED) is 0.307. The SMILES string of the molecule is CCOc1ccc(S(=O)(=O)N(CC(=O)N(Cc2ccc(F)cc2)[C@H](C)C(=O)N[C@@H](C)CC)c2ccc(F)cc2)cc1. The van der Waals surface area contributed by atoms with Gasteiger partial charge >= 0.3 is 0 Å². The number of halogens is 2. The van der Waals surface area contributed by atoms with E-state index in [0.717, 1.165) is 16.4 Å². The maximum atomic E-state index is 13.9. The number of carbonyl (C=O) groups is 2. The third-order valence-electron chi connectivity index (χ3n) is 6.55. The van der Waals surface area contributed by atoms with E-state index in [1.807, 2.05) is 13.8 Å². The Labute approximate surface area is 240 Å². The van der Waals surface area contributed by atoms with E-state index < -0.39 is 46.1 Å². The molecule has 3 aromatic rings. The molecule has 41 heavy (non-hydrogen) atoms. The first kappa shape index (κ1) is 31.5. The number of carbonyl (C=O) groups excluding carboxylic acids is 2. The molecule has 0 radical (unpaired) electrons. The van der Waals surface area contributed by atoms with E-state index in [-0.39, 0.29) is 23.2 Å². The van der Waals surface area contributed by atoms with Crippen molar-refractivity contribution in [3.8, 4) is 5.75 Å². The third-order valence-corrected chi connectivity index (χ3v) is 8.34. The van der Waals surface area contributed by atoms with Crippen LogP contribution >= 0.6 is 0 Å². The van der Waals surface area contributed by atoms with Crippen LogP contribution in [0.1, 0.15) is 39.7 Å². The summed E-state index contributed by atoms with van der Waals surface area (Å²) >= 11 is 0. The molecule has 220 valence electrons. The molecule has 0 fully saturated rings. The van der Waals surface area contributed by atoms with Crippen LogP contribution in [0.2, 0.25) is 0 Å². The molecule has 2 amide bonds. The second-order valence-corrected chi connectivity index (χ2v) is 11.4. The van der Waals surface area contributed by atoms with Crippen molar-refractivity contribution in [2.24, 2.45) is 0 Å². The highest BCUT2D eigenvalue weighted by molar-refractivity contribution is 7.92. The Bertz CT molecular complexity index is 1420. The molecule has 0 unspecified atom stereocenters. The highest BCUT2D eigenvalue weighted by atomic mass is 32.2. The fourth-order valence-electron chi connectivity index (χ4n) is 3.97. The number of nitrogens with zero attached hydrogens (tertiary/aromatic N) is 2. The van der Waals surface area contributed by atoms with Crippen molar-refractivity contribution in [1.29, 1.82) is 0 Å². The van der Waals surface area contributed by atoms with E-state index in [1.165, 1.54) is 65.6 Å². The number of hydrogen-bond donors (Lipinski definition) is 1. The molecule has 1 N–H and O–H groups in total. The topological polar surface area (TPSA) is 96.0 Å². The molecule has 0 aliphatic heterocycles. The average Bonchev–Trinajstić information content (AvgIpc) is 2.96. The fourth-order valence-corrected chi connectivity index (χ4v) is 5.39. The predicted molar refractivity (Wildman–Crippen MR) is 153 cm³/mol. The number of sulfonamides is 1. The van der Waals surface area contributed by atoms with E-state index in [2.05, 4.69) is 5.32 Å². The lowest BCUT2D eigenvalue weighted by Crippen LogP contribution is -2.52. The van der Waals surface area contributed by atoms with E-state index in [4.69, 9.17) is 4.74 Å². The van der Waals surface area contributed by atoms with Crippen LogP contribution < -0.4 is 14.4 Å². The lowest BCUT2D eigenvalue weighted by atomic mass is 10.1. The molecule has 0 saturated heterocycles.